The largest absolute Gasteiger partial charge is 0.371 e. The van der Waals surface area contributed by atoms with Crippen molar-refractivity contribution < 1.29 is 4.79 Å². The van der Waals surface area contributed by atoms with Crippen LogP contribution in [0.15, 0.2) is 36.4 Å². The number of likely N-dealkylation sites (N-methyl/N-ethyl adjacent to an activating group) is 2. The van der Waals surface area contributed by atoms with Crippen LogP contribution in [0.2, 0.25) is 0 Å². The highest BCUT2D eigenvalue weighted by Gasteiger charge is 2.44. The van der Waals surface area contributed by atoms with E-state index in [0.29, 0.717) is 6.04 Å². The summed E-state index contributed by atoms with van der Waals surface area (Å²) in [7, 11) is 4.42. The second-order valence-electron chi connectivity index (χ2n) is 12.9. The monoisotopic (exact) mass is 496 g/mol. The summed E-state index contributed by atoms with van der Waals surface area (Å²) in [6, 6.07) is 14.7. The Kier molecular flexibility index (Phi) is 5.06. The molecular formula is C31H39N5O. The van der Waals surface area contributed by atoms with Crippen LogP contribution in [0.25, 0.3) is 11.1 Å². The summed E-state index contributed by atoms with van der Waals surface area (Å²) in [6.07, 6.45) is 2.76. The van der Waals surface area contributed by atoms with Crippen LogP contribution in [0.1, 0.15) is 28.8 Å². The van der Waals surface area contributed by atoms with E-state index < -0.39 is 0 Å². The average Bonchev–Trinajstić information content (AvgIpc) is 3.61. The number of likely N-dealkylation sites (tertiary alicyclic amines) is 2. The number of carbonyl (C=O) groups excluding carboxylic acids is 1. The molecule has 6 heteroatoms. The van der Waals surface area contributed by atoms with Crippen molar-refractivity contribution in [1.82, 2.24) is 15.1 Å². The summed E-state index contributed by atoms with van der Waals surface area (Å²) in [4.78, 5) is 23.2. The molecule has 6 fully saturated rings. The van der Waals surface area contributed by atoms with Crippen LogP contribution in [0.4, 0.5) is 11.4 Å². The average molecular weight is 497 g/mol. The normalized spacial score (nSPS) is 34.9. The number of carbonyl (C=O) groups is 1. The van der Waals surface area contributed by atoms with Gasteiger partial charge in [-0.2, -0.15) is 0 Å². The second kappa shape index (κ2) is 8.29. The molecule has 5 saturated heterocycles. The van der Waals surface area contributed by atoms with E-state index in [9.17, 15) is 4.79 Å². The van der Waals surface area contributed by atoms with Crippen molar-refractivity contribution in [3.05, 3.63) is 47.5 Å². The minimum atomic E-state index is 0.208. The molecule has 6 atom stereocenters. The van der Waals surface area contributed by atoms with Gasteiger partial charge >= 0.3 is 0 Å². The van der Waals surface area contributed by atoms with Gasteiger partial charge in [-0.25, -0.2) is 0 Å². The number of anilines is 2. The number of hydrogen-bond acceptors (Lipinski definition) is 6. The van der Waals surface area contributed by atoms with Crippen molar-refractivity contribution in [2.45, 2.75) is 24.9 Å². The number of benzene rings is 2. The Balaban J connectivity index is 0.000000229. The Morgan fingerprint density at radius 3 is 1.70 bits per heavy atom. The Hall–Kier alpha value is -2.41. The molecule has 9 rings (SSSR count). The third-order valence-electron chi connectivity index (χ3n) is 10.9. The van der Waals surface area contributed by atoms with Gasteiger partial charge in [-0.05, 0) is 74.2 Å². The summed E-state index contributed by atoms with van der Waals surface area (Å²) in [6.45, 7) is 9.55. The fourth-order valence-corrected chi connectivity index (χ4v) is 8.32. The first-order valence-corrected chi connectivity index (χ1v) is 14.5. The van der Waals surface area contributed by atoms with Gasteiger partial charge in [-0.1, -0.05) is 12.1 Å². The lowest BCUT2D eigenvalue weighted by Gasteiger charge is -2.40. The number of hydrogen-bond donors (Lipinski definition) is 1. The molecular weight excluding hydrogens is 457 g/mol. The van der Waals surface area contributed by atoms with Crippen molar-refractivity contribution in [3.63, 3.8) is 0 Å². The first-order valence-electron chi connectivity index (χ1n) is 14.5. The first-order chi connectivity index (χ1) is 18.0. The lowest BCUT2D eigenvalue weighted by Crippen LogP contribution is -2.52. The molecule has 0 bridgehead atoms. The van der Waals surface area contributed by atoms with Crippen LogP contribution in [0, 0.1) is 23.7 Å². The van der Waals surface area contributed by atoms with Crippen LogP contribution in [-0.2, 0) is 0 Å². The van der Waals surface area contributed by atoms with E-state index in [-0.39, 0.29) is 5.78 Å². The molecule has 0 amide bonds. The molecule has 5 heterocycles. The minimum Gasteiger partial charge on any atom is -0.371 e. The van der Waals surface area contributed by atoms with Crippen LogP contribution in [0.5, 0.6) is 0 Å². The molecule has 2 aliphatic carbocycles. The van der Waals surface area contributed by atoms with Gasteiger partial charge in [0.1, 0.15) is 0 Å². The molecule has 194 valence electrons. The van der Waals surface area contributed by atoms with E-state index in [1.54, 1.807) is 0 Å². The summed E-state index contributed by atoms with van der Waals surface area (Å²) >= 11 is 0. The molecule has 5 aliphatic heterocycles. The lowest BCUT2D eigenvalue weighted by molar-refractivity contribution is 0.0827. The lowest BCUT2D eigenvalue weighted by atomic mass is 9.77. The standard InChI is InChI=1S/C25H27N3O.C6H12N2/c1-26-10-17-13-28(14-24(17)26)19-5-7-21-20-6-4-18(8-22(20)25(29)23(21)9-19)27-11-15-2-3-16(15)12-27;1-8-4-5-2-7-3-6(5)8/h4-9,15-17,24H,2-3,10-14H2,1H3;5-7H,2-4H2,1H3/t15-,16+,17-,24+;5-,6-/m01/s1/i;1-1. The third-order valence-corrected chi connectivity index (χ3v) is 10.9. The highest BCUT2D eigenvalue weighted by molar-refractivity contribution is 6.22. The summed E-state index contributed by atoms with van der Waals surface area (Å²) in [5.41, 5.74) is 6.46. The van der Waals surface area contributed by atoms with Crippen LogP contribution in [-0.4, -0.2) is 94.1 Å². The highest BCUT2D eigenvalue weighted by Crippen LogP contribution is 2.45. The second-order valence-corrected chi connectivity index (χ2v) is 12.9. The predicted molar refractivity (Wildman–Crippen MR) is 149 cm³/mol. The maximum absolute atomic E-state index is 13.3. The van der Waals surface area contributed by atoms with Gasteiger partial charge in [-0.3, -0.25) is 4.79 Å². The zero-order valence-corrected chi connectivity index (χ0v) is 22.2. The number of nitrogens with one attached hydrogen (secondary N) is 1. The predicted octanol–water partition coefficient (Wildman–Crippen LogP) is 3.01. The van der Waals surface area contributed by atoms with E-state index in [1.807, 2.05) is 0 Å². The maximum Gasteiger partial charge on any atom is 0.194 e. The van der Waals surface area contributed by atoms with Crippen molar-refractivity contribution in [2.75, 3.05) is 76.3 Å². The Bertz CT molecular complexity index is 1250. The molecule has 1 saturated carbocycles. The van der Waals surface area contributed by atoms with Gasteiger partial charge in [0.15, 0.2) is 5.78 Å². The summed E-state index contributed by atoms with van der Waals surface area (Å²) < 4.78 is 0. The number of nitrogens with zero attached hydrogens (tertiary/aromatic N) is 4. The fourth-order valence-electron chi connectivity index (χ4n) is 8.32. The van der Waals surface area contributed by atoms with E-state index in [1.165, 1.54) is 63.5 Å². The number of rotatable bonds is 2. The molecule has 0 unspecified atom stereocenters. The summed E-state index contributed by atoms with van der Waals surface area (Å²) in [5.74, 6) is 3.75. The minimum absolute atomic E-state index is 0.208. The Morgan fingerprint density at radius 1 is 0.622 bits per heavy atom. The van der Waals surface area contributed by atoms with Crippen molar-refractivity contribution in [2.24, 2.45) is 23.7 Å². The Labute approximate surface area is 220 Å². The summed E-state index contributed by atoms with van der Waals surface area (Å²) in [5, 5.41) is 3.37. The van der Waals surface area contributed by atoms with E-state index in [2.05, 4.69) is 75.4 Å². The maximum atomic E-state index is 13.3. The third kappa shape index (κ3) is 3.45. The van der Waals surface area contributed by atoms with Crippen LogP contribution >= 0.6 is 0 Å². The number of ketones is 1. The molecule has 7 aliphatic rings. The first kappa shape index (κ1) is 22.6. The van der Waals surface area contributed by atoms with Crippen LogP contribution in [0.3, 0.4) is 0 Å². The zero-order valence-electron chi connectivity index (χ0n) is 22.2. The van der Waals surface area contributed by atoms with E-state index in [0.717, 1.165) is 65.1 Å². The van der Waals surface area contributed by atoms with Gasteiger partial charge in [0.2, 0.25) is 0 Å². The fraction of sp³-hybridized carbons (Fsp3) is 0.581. The van der Waals surface area contributed by atoms with E-state index in [4.69, 9.17) is 0 Å². The topological polar surface area (TPSA) is 42.1 Å². The van der Waals surface area contributed by atoms with Gasteiger partial charge in [0, 0.05) is 98.8 Å². The van der Waals surface area contributed by atoms with Gasteiger partial charge in [0.25, 0.3) is 0 Å². The molecule has 0 radical (unpaired) electrons. The van der Waals surface area contributed by atoms with Gasteiger partial charge in [-0.15, -0.1) is 0 Å². The molecule has 0 aromatic heterocycles. The molecule has 2 aromatic rings. The number of fused-ring (bicyclic) bond motifs is 6. The van der Waals surface area contributed by atoms with Gasteiger partial charge in [0.05, 0.1) is 0 Å². The van der Waals surface area contributed by atoms with Gasteiger partial charge < -0.3 is 24.9 Å². The molecule has 2 aromatic carbocycles. The molecule has 0 spiro atoms. The molecule has 1 N–H and O–H groups in total. The molecule has 37 heavy (non-hydrogen) atoms. The zero-order chi connectivity index (χ0) is 24.8. The SMILES string of the molecule is CN1C[C@H]2CN(c3ccc4c(c3)C(=O)c3cc(N5C[C@H]6CC[C@H]6C5)ccc3-4)C[C@H]21.[11CH3]N1C[C@H]2CNC[C@H]21. The quantitative estimate of drug-likeness (QED) is 0.589. The van der Waals surface area contributed by atoms with Crippen molar-refractivity contribution >= 4 is 17.2 Å². The molecule has 6 nitrogen and oxygen atoms in total. The Morgan fingerprint density at radius 2 is 1.19 bits per heavy atom. The van der Waals surface area contributed by atoms with Crippen LogP contribution < -0.4 is 15.1 Å². The highest BCUT2D eigenvalue weighted by atomic mass is 16.1. The van der Waals surface area contributed by atoms with Crippen molar-refractivity contribution in [3.8, 4) is 11.1 Å². The van der Waals surface area contributed by atoms with E-state index >= 15 is 0 Å². The smallest absolute Gasteiger partial charge is 0.194 e. The van der Waals surface area contributed by atoms with Crippen molar-refractivity contribution in [1.29, 1.82) is 0 Å².